The van der Waals surface area contributed by atoms with E-state index >= 15 is 0 Å². The number of carbonyl (C=O) groups excluding carboxylic acids is 1. The standard InChI is InChI=1S/C21H28BrN3O3S/c1-5-25(15(2)3)12-11-23-21(26)17-7-6-8-18(14-17)29(27,28)24-20-13-16(4)9-10-19(20)22/h6-10,13-15,24H,5,11-12H2,1-4H3,(H,23,26). The van der Waals surface area contributed by atoms with Crippen molar-refractivity contribution in [1.82, 2.24) is 10.2 Å². The van der Waals surface area contributed by atoms with E-state index in [0.717, 1.165) is 18.7 Å². The van der Waals surface area contributed by atoms with Crippen LogP contribution in [0.3, 0.4) is 0 Å². The molecule has 0 spiro atoms. The normalized spacial score (nSPS) is 11.7. The summed E-state index contributed by atoms with van der Waals surface area (Å²) in [6, 6.07) is 11.9. The van der Waals surface area contributed by atoms with Crippen molar-refractivity contribution in [2.75, 3.05) is 24.4 Å². The predicted molar refractivity (Wildman–Crippen MR) is 121 cm³/mol. The number of hydrogen-bond acceptors (Lipinski definition) is 4. The minimum atomic E-state index is -3.83. The summed E-state index contributed by atoms with van der Waals surface area (Å²) in [5.41, 5.74) is 1.69. The van der Waals surface area contributed by atoms with Crippen molar-refractivity contribution in [2.45, 2.75) is 38.6 Å². The highest BCUT2D eigenvalue weighted by Gasteiger charge is 2.18. The minimum Gasteiger partial charge on any atom is -0.351 e. The van der Waals surface area contributed by atoms with E-state index in [-0.39, 0.29) is 10.8 Å². The van der Waals surface area contributed by atoms with Gasteiger partial charge in [0.05, 0.1) is 10.6 Å². The van der Waals surface area contributed by atoms with Crippen molar-refractivity contribution in [3.8, 4) is 0 Å². The molecule has 158 valence electrons. The van der Waals surface area contributed by atoms with Crippen molar-refractivity contribution in [3.05, 3.63) is 58.1 Å². The molecule has 0 aliphatic carbocycles. The molecule has 0 fully saturated rings. The third-order valence-electron chi connectivity index (χ3n) is 4.59. The molecule has 2 aromatic rings. The molecule has 2 aromatic carbocycles. The molecule has 0 heterocycles. The van der Waals surface area contributed by atoms with Crippen LogP contribution in [0.4, 0.5) is 5.69 Å². The van der Waals surface area contributed by atoms with Gasteiger partial charge in [-0.25, -0.2) is 8.42 Å². The number of aryl methyl sites for hydroxylation is 1. The maximum Gasteiger partial charge on any atom is 0.261 e. The monoisotopic (exact) mass is 481 g/mol. The van der Waals surface area contributed by atoms with Crippen molar-refractivity contribution in [2.24, 2.45) is 0 Å². The first kappa shape index (κ1) is 23.4. The van der Waals surface area contributed by atoms with Crippen LogP contribution in [-0.2, 0) is 10.0 Å². The summed E-state index contributed by atoms with van der Waals surface area (Å²) in [5, 5.41) is 2.86. The van der Waals surface area contributed by atoms with Crippen LogP contribution in [0.5, 0.6) is 0 Å². The summed E-state index contributed by atoms with van der Waals surface area (Å²) in [4.78, 5) is 14.7. The van der Waals surface area contributed by atoms with E-state index < -0.39 is 10.0 Å². The first-order valence-electron chi connectivity index (χ1n) is 9.55. The predicted octanol–water partition coefficient (Wildman–Crippen LogP) is 4.02. The molecular formula is C21H28BrN3O3S. The molecule has 29 heavy (non-hydrogen) atoms. The zero-order chi connectivity index (χ0) is 21.6. The SMILES string of the molecule is CCN(CCNC(=O)c1cccc(S(=O)(=O)Nc2cc(C)ccc2Br)c1)C(C)C. The Kier molecular flexibility index (Phi) is 8.24. The number of anilines is 1. The Hall–Kier alpha value is -1.90. The molecule has 6 nitrogen and oxygen atoms in total. The highest BCUT2D eigenvalue weighted by Crippen LogP contribution is 2.26. The fourth-order valence-corrected chi connectivity index (χ4v) is 4.52. The third-order valence-corrected chi connectivity index (χ3v) is 6.65. The van der Waals surface area contributed by atoms with E-state index in [1.54, 1.807) is 24.3 Å². The highest BCUT2D eigenvalue weighted by atomic mass is 79.9. The second-order valence-corrected chi connectivity index (χ2v) is 9.63. The van der Waals surface area contributed by atoms with Gasteiger partial charge in [-0.15, -0.1) is 0 Å². The largest absolute Gasteiger partial charge is 0.351 e. The van der Waals surface area contributed by atoms with Gasteiger partial charge in [0.15, 0.2) is 0 Å². The number of likely N-dealkylation sites (N-methyl/N-ethyl adjacent to an activating group) is 1. The first-order chi connectivity index (χ1) is 13.6. The third kappa shape index (κ3) is 6.55. The molecule has 2 N–H and O–H groups in total. The van der Waals surface area contributed by atoms with E-state index in [2.05, 4.69) is 51.6 Å². The number of sulfonamides is 1. The average molecular weight is 482 g/mol. The van der Waals surface area contributed by atoms with Gasteiger partial charge in [-0.3, -0.25) is 14.4 Å². The van der Waals surface area contributed by atoms with E-state index in [0.29, 0.717) is 28.3 Å². The Balaban J connectivity index is 2.11. The Morgan fingerprint density at radius 3 is 2.55 bits per heavy atom. The van der Waals surface area contributed by atoms with Crippen molar-refractivity contribution >= 4 is 37.5 Å². The summed E-state index contributed by atoms with van der Waals surface area (Å²) in [6.07, 6.45) is 0. The van der Waals surface area contributed by atoms with Crippen LogP contribution in [0, 0.1) is 6.92 Å². The van der Waals surface area contributed by atoms with Gasteiger partial charge >= 0.3 is 0 Å². The molecule has 1 amide bonds. The van der Waals surface area contributed by atoms with Gasteiger partial charge in [-0.2, -0.15) is 0 Å². The van der Waals surface area contributed by atoms with Gasteiger partial charge in [-0.05, 0) is 79.1 Å². The number of carbonyl (C=O) groups is 1. The fraction of sp³-hybridized carbons (Fsp3) is 0.381. The molecule has 0 aromatic heterocycles. The molecular weight excluding hydrogens is 454 g/mol. The van der Waals surface area contributed by atoms with Gasteiger partial charge in [0, 0.05) is 29.2 Å². The number of benzene rings is 2. The summed E-state index contributed by atoms with van der Waals surface area (Å²) in [5.74, 6) is -0.293. The van der Waals surface area contributed by atoms with Crippen molar-refractivity contribution < 1.29 is 13.2 Å². The number of nitrogens with zero attached hydrogens (tertiary/aromatic N) is 1. The van der Waals surface area contributed by atoms with Crippen LogP contribution in [0.15, 0.2) is 51.8 Å². The van der Waals surface area contributed by atoms with Crippen LogP contribution >= 0.6 is 15.9 Å². The van der Waals surface area contributed by atoms with Gasteiger partial charge in [0.1, 0.15) is 0 Å². The van der Waals surface area contributed by atoms with Crippen LogP contribution in [0.1, 0.15) is 36.7 Å². The van der Waals surface area contributed by atoms with Crippen molar-refractivity contribution in [1.29, 1.82) is 0 Å². The zero-order valence-corrected chi connectivity index (χ0v) is 19.6. The minimum absolute atomic E-state index is 0.0379. The smallest absolute Gasteiger partial charge is 0.261 e. The lowest BCUT2D eigenvalue weighted by atomic mass is 10.2. The number of hydrogen-bond donors (Lipinski definition) is 2. The second kappa shape index (κ2) is 10.2. The van der Waals surface area contributed by atoms with E-state index in [1.165, 1.54) is 12.1 Å². The van der Waals surface area contributed by atoms with Crippen LogP contribution in [0.25, 0.3) is 0 Å². The molecule has 0 atom stereocenters. The van der Waals surface area contributed by atoms with Gasteiger partial charge in [0.2, 0.25) is 0 Å². The number of amides is 1. The average Bonchev–Trinajstić information content (AvgIpc) is 2.67. The lowest BCUT2D eigenvalue weighted by molar-refractivity contribution is 0.0945. The first-order valence-corrected chi connectivity index (χ1v) is 11.8. The number of halogens is 1. The molecule has 2 rings (SSSR count). The Morgan fingerprint density at radius 2 is 1.90 bits per heavy atom. The Labute approximate surface area is 181 Å². The zero-order valence-electron chi connectivity index (χ0n) is 17.2. The van der Waals surface area contributed by atoms with E-state index in [4.69, 9.17) is 0 Å². The number of nitrogens with one attached hydrogen (secondary N) is 2. The highest BCUT2D eigenvalue weighted by molar-refractivity contribution is 9.10. The second-order valence-electron chi connectivity index (χ2n) is 7.09. The van der Waals surface area contributed by atoms with Crippen LogP contribution in [-0.4, -0.2) is 44.9 Å². The van der Waals surface area contributed by atoms with E-state index in [9.17, 15) is 13.2 Å². The van der Waals surface area contributed by atoms with E-state index in [1.807, 2.05) is 13.0 Å². The lowest BCUT2D eigenvalue weighted by Gasteiger charge is -2.24. The van der Waals surface area contributed by atoms with Crippen molar-refractivity contribution in [3.63, 3.8) is 0 Å². The summed E-state index contributed by atoms with van der Waals surface area (Å²) < 4.78 is 28.8. The quantitative estimate of drug-likeness (QED) is 0.566. The van der Waals surface area contributed by atoms with Gasteiger partial charge < -0.3 is 5.32 Å². The molecule has 0 aliphatic rings. The van der Waals surface area contributed by atoms with Gasteiger partial charge in [-0.1, -0.05) is 19.1 Å². The summed E-state index contributed by atoms with van der Waals surface area (Å²) in [6.45, 7) is 10.3. The number of rotatable bonds is 9. The molecule has 0 saturated heterocycles. The van der Waals surface area contributed by atoms with Gasteiger partial charge in [0.25, 0.3) is 15.9 Å². The maximum atomic E-state index is 12.8. The Morgan fingerprint density at radius 1 is 1.17 bits per heavy atom. The molecule has 8 heteroatoms. The Bertz CT molecular complexity index is 961. The molecule has 0 unspecified atom stereocenters. The molecule has 0 bridgehead atoms. The molecule has 0 radical (unpaired) electrons. The molecule has 0 aliphatic heterocycles. The summed E-state index contributed by atoms with van der Waals surface area (Å²) in [7, 11) is -3.83. The summed E-state index contributed by atoms with van der Waals surface area (Å²) >= 11 is 3.35. The fourth-order valence-electron chi connectivity index (χ4n) is 2.92. The van der Waals surface area contributed by atoms with Crippen LogP contribution < -0.4 is 10.0 Å². The topological polar surface area (TPSA) is 78.5 Å². The van der Waals surface area contributed by atoms with Crippen LogP contribution in [0.2, 0.25) is 0 Å². The lowest BCUT2D eigenvalue weighted by Crippen LogP contribution is -2.38. The maximum absolute atomic E-state index is 12.8. The molecule has 0 saturated carbocycles.